The fourth-order valence-corrected chi connectivity index (χ4v) is 3.73. The first-order chi connectivity index (χ1) is 11.8. The number of thioether (sulfide) groups is 1. The molecule has 0 fully saturated rings. The highest BCUT2D eigenvalue weighted by molar-refractivity contribution is 8.00. The largest absolute Gasteiger partial charge is 0.325 e. The fourth-order valence-electron chi connectivity index (χ4n) is 2.22. The lowest BCUT2D eigenvalue weighted by Crippen LogP contribution is -2.23. The first kappa shape index (κ1) is 19.2. The number of rotatable bonds is 6. The summed E-state index contributed by atoms with van der Waals surface area (Å²) in [4.78, 5) is 22.2. The van der Waals surface area contributed by atoms with Crippen molar-refractivity contribution in [2.24, 2.45) is 0 Å². The van der Waals surface area contributed by atoms with Gasteiger partial charge in [0, 0.05) is 22.0 Å². The average Bonchev–Trinajstić information content (AvgIpc) is 2.56. The molecule has 8 heteroatoms. The van der Waals surface area contributed by atoms with E-state index in [1.807, 2.05) is 25.1 Å². The van der Waals surface area contributed by atoms with E-state index in [9.17, 15) is 19.3 Å². The van der Waals surface area contributed by atoms with Crippen LogP contribution in [-0.4, -0.2) is 16.1 Å². The van der Waals surface area contributed by atoms with E-state index in [1.165, 1.54) is 17.8 Å². The lowest BCUT2D eigenvalue weighted by molar-refractivity contribution is -0.387. The van der Waals surface area contributed by atoms with Gasteiger partial charge in [0.1, 0.15) is 0 Å². The van der Waals surface area contributed by atoms with E-state index in [0.29, 0.717) is 5.02 Å². The van der Waals surface area contributed by atoms with Crippen LogP contribution in [0.25, 0.3) is 0 Å². The second kappa shape index (κ2) is 8.31. The van der Waals surface area contributed by atoms with Gasteiger partial charge in [0.25, 0.3) is 0 Å². The lowest BCUT2D eigenvalue weighted by atomic mass is 10.2. The van der Waals surface area contributed by atoms with E-state index in [-0.39, 0.29) is 16.8 Å². The fraction of sp³-hybridized carbons (Fsp3) is 0.235. The quantitative estimate of drug-likeness (QED) is 0.550. The van der Waals surface area contributed by atoms with Crippen LogP contribution in [0.5, 0.6) is 0 Å². The van der Waals surface area contributed by atoms with Crippen molar-refractivity contribution in [2.75, 3.05) is 5.32 Å². The van der Waals surface area contributed by atoms with Gasteiger partial charge in [0.05, 0.1) is 10.2 Å². The molecule has 1 N–H and O–H groups in total. The molecule has 2 aromatic carbocycles. The van der Waals surface area contributed by atoms with Gasteiger partial charge in [-0.25, -0.2) is 0 Å². The van der Waals surface area contributed by atoms with Crippen molar-refractivity contribution in [3.63, 3.8) is 0 Å². The number of anilines is 1. The van der Waals surface area contributed by atoms with Crippen molar-refractivity contribution in [1.29, 1.82) is 0 Å². The van der Waals surface area contributed by atoms with Gasteiger partial charge >= 0.3 is 5.69 Å². The van der Waals surface area contributed by atoms with E-state index in [1.54, 1.807) is 13.0 Å². The van der Waals surface area contributed by atoms with Gasteiger partial charge in [-0.15, -0.1) is 11.8 Å². The molecule has 0 aliphatic rings. The minimum atomic E-state index is -0.947. The van der Waals surface area contributed by atoms with Crippen LogP contribution in [0.2, 0.25) is 5.02 Å². The van der Waals surface area contributed by atoms with Gasteiger partial charge in [0.15, 0.2) is 0 Å². The predicted molar refractivity (Wildman–Crippen MR) is 98.6 cm³/mol. The van der Waals surface area contributed by atoms with E-state index in [2.05, 4.69) is 5.32 Å². The maximum Gasteiger partial charge on any atom is 0.306 e. The highest BCUT2D eigenvalue weighted by atomic mass is 35.5. The molecule has 2 aromatic rings. The highest BCUT2D eigenvalue weighted by Gasteiger charge is 2.21. The SMILES string of the molecule is CC(SC(C)c1ccccc1Cl)C(=O)Nc1ccc(F)c([N+](=O)[O-])c1. The third-order valence-corrected chi connectivity index (χ3v) is 5.16. The third kappa shape index (κ3) is 4.93. The van der Waals surface area contributed by atoms with Crippen molar-refractivity contribution in [1.82, 2.24) is 0 Å². The minimum Gasteiger partial charge on any atom is -0.325 e. The zero-order chi connectivity index (χ0) is 18.6. The van der Waals surface area contributed by atoms with Crippen LogP contribution in [0.3, 0.4) is 0 Å². The molecule has 25 heavy (non-hydrogen) atoms. The van der Waals surface area contributed by atoms with Gasteiger partial charge in [-0.05, 0) is 37.6 Å². The summed E-state index contributed by atoms with van der Waals surface area (Å²) in [7, 11) is 0. The molecule has 0 saturated heterocycles. The molecule has 1 amide bonds. The van der Waals surface area contributed by atoms with Crippen LogP contribution in [0.15, 0.2) is 42.5 Å². The van der Waals surface area contributed by atoms with Crippen molar-refractivity contribution < 1.29 is 14.1 Å². The van der Waals surface area contributed by atoms with Gasteiger partial charge in [-0.3, -0.25) is 14.9 Å². The van der Waals surface area contributed by atoms with E-state index < -0.39 is 21.7 Å². The summed E-state index contributed by atoms with van der Waals surface area (Å²) in [5, 5.41) is 13.5. The number of nitro benzene ring substituents is 1. The molecule has 2 rings (SSSR count). The van der Waals surface area contributed by atoms with Crippen LogP contribution in [0.1, 0.15) is 24.7 Å². The standard InChI is InChI=1S/C17H16ClFN2O3S/c1-10(13-5-3-4-6-14(13)18)25-11(2)17(22)20-12-7-8-15(19)16(9-12)21(23)24/h3-11H,1-2H3,(H,20,22). The third-order valence-electron chi connectivity index (χ3n) is 3.53. The Kier molecular flexibility index (Phi) is 6.39. The molecule has 2 atom stereocenters. The van der Waals surface area contributed by atoms with Crippen LogP contribution in [0, 0.1) is 15.9 Å². The molecule has 2 unspecified atom stereocenters. The van der Waals surface area contributed by atoms with E-state index in [4.69, 9.17) is 11.6 Å². The minimum absolute atomic E-state index is 0.0167. The molecular formula is C17H16ClFN2O3S. The van der Waals surface area contributed by atoms with Crippen LogP contribution < -0.4 is 5.32 Å². The molecule has 132 valence electrons. The molecular weight excluding hydrogens is 367 g/mol. The van der Waals surface area contributed by atoms with Crippen LogP contribution in [-0.2, 0) is 4.79 Å². The summed E-state index contributed by atoms with van der Waals surface area (Å²) in [6, 6.07) is 10.6. The number of carbonyl (C=O) groups excluding carboxylic acids is 1. The van der Waals surface area contributed by atoms with Gasteiger partial charge < -0.3 is 5.32 Å². The van der Waals surface area contributed by atoms with E-state index >= 15 is 0 Å². The van der Waals surface area contributed by atoms with Gasteiger partial charge in [0.2, 0.25) is 11.7 Å². The number of hydrogen-bond acceptors (Lipinski definition) is 4. The number of carbonyl (C=O) groups is 1. The highest BCUT2D eigenvalue weighted by Crippen LogP contribution is 2.36. The molecule has 0 saturated carbocycles. The average molecular weight is 383 g/mol. The Balaban J connectivity index is 2.04. The summed E-state index contributed by atoms with van der Waals surface area (Å²) < 4.78 is 13.3. The van der Waals surface area contributed by atoms with Crippen molar-refractivity contribution in [3.8, 4) is 0 Å². The van der Waals surface area contributed by atoms with Crippen molar-refractivity contribution >= 4 is 40.6 Å². The number of nitrogens with zero attached hydrogens (tertiary/aromatic N) is 1. The number of halogens is 2. The molecule has 0 heterocycles. The summed E-state index contributed by atoms with van der Waals surface area (Å²) in [5.74, 6) is -1.28. The zero-order valence-electron chi connectivity index (χ0n) is 13.5. The smallest absolute Gasteiger partial charge is 0.306 e. The predicted octanol–water partition coefficient (Wildman–Crippen LogP) is 5.21. The van der Waals surface area contributed by atoms with Crippen LogP contribution >= 0.6 is 23.4 Å². The maximum atomic E-state index is 13.3. The summed E-state index contributed by atoms with van der Waals surface area (Å²) >= 11 is 7.56. The molecule has 0 radical (unpaired) electrons. The number of hydrogen-bond donors (Lipinski definition) is 1. The molecule has 0 aromatic heterocycles. The zero-order valence-corrected chi connectivity index (χ0v) is 15.1. The molecule has 5 nitrogen and oxygen atoms in total. The monoisotopic (exact) mass is 382 g/mol. The summed E-state index contributed by atoms with van der Waals surface area (Å²) in [5.41, 5.74) is 0.421. The second-order valence-corrected chi connectivity index (χ2v) is 7.45. The Hall–Kier alpha value is -2.12. The number of benzene rings is 2. The van der Waals surface area contributed by atoms with Gasteiger partial charge in [-0.2, -0.15) is 4.39 Å². The Morgan fingerprint density at radius 1 is 1.28 bits per heavy atom. The Labute approximate surface area is 153 Å². The Bertz CT molecular complexity index is 803. The summed E-state index contributed by atoms with van der Waals surface area (Å²) in [6.07, 6.45) is 0. The van der Waals surface area contributed by atoms with Gasteiger partial charge in [-0.1, -0.05) is 29.8 Å². The second-order valence-electron chi connectivity index (χ2n) is 5.35. The van der Waals surface area contributed by atoms with E-state index in [0.717, 1.165) is 17.7 Å². The Morgan fingerprint density at radius 2 is 1.96 bits per heavy atom. The van der Waals surface area contributed by atoms with Crippen molar-refractivity contribution in [2.45, 2.75) is 24.3 Å². The molecule has 0 spiro atoms. The number of amides is 1. The topological polar surface area (TPSA) is 72.2 Å². The lowest BCUT2D eigenvalue weighted by Gasteiger charge is -2.18. The first-order valence-electron chi connectivity index (χ1n) is 7.44. The molecule has 0 aliphatic carbocycles. The molecule has 0 bridgehead atoms. The van der Waals surface area contributed by atoms with Crippen molar-refractivity contribution in [3.05, 3.63) is 69.0 Å². The number of nitrogens with one attached hydrogen (secondary N) is 1. The Morgan fingerprint density at radius 3 is 2.60 bits per heavy atom. The molecule has 0 aliphatic heterocycles. The maximum absolute atomic E-state index is 13.3. The first-order valence-corrected chi connectivity index (χ1v) is 8.76. The van der Waals surface area contributed by atoms with Crippen LogP contribution in [0.4, 0.5) is 15.8 Å². The normalized spacial score (nSPS) is 13.1. The summed E-state index contributed by atoms with van der Waals surface area (Å²) in [6.45, 7) is 3.67. The number of nitro groups is 1.